The molecule has 2 heterocycles. The van der Waals surface area contributed by atoms with Crippen molar-refractivity contribution in [3.8, 4) is 11.5 Å². The highest BCUT2D eigenvalue weighted by molar-refractivity contribution is 9.10. The third-order valence-electron chi connectivity index (χ3n) is 7.82. The van der Waals surface area contributed by atoms with Crippen molar-refractivity contribution in [3.05, 3.63) is 154 Å². The van der Waals surface area contributed by atoms with Crippen LogP contribution in [0, 0.1) is 13.8 Å². The van der Waals surface area contributed by atoms with Crippen molar-refractivity contribution < 1.29 is 14.3 Å². The Bertz CT molecular complexity index is 2150. The Morgan fingerprint density at radius 3 is 2.46 bits per heavy atom. The number of thiazole rings is 1. The van der Waals surface area contributed by atoms with E-state index in [-0.39, 0.29) is 11.5 Å². The molecule has 0 radical (unpaired) electrons. The summed E-state index contributed by atoms with van der Waals surface area (Å²) in [5, 5.41) is 3.07. The highest BCUT2D eigenvalue weighted by Crippen LogP contribution is 2.32. The Morgan fingerprint density at radius 2 is 1.76 bits per heavy atom. The van der Waals surface area contributed by atoms with Gasteiger partial charge in [-0.2, -0.15) is 0 Å². The number of carbonyl (C=O) groups excluding carboxylic acids is 1. The number of amides is 1. The number of aromatic nitrogens is 1. The summed E-state index contributed by atoms with van der Waals surface area (Å²) < 4.78 is 14.3. The zero-order valence-corrected chi connectivity index (χ0v) is 28.2. The molecule has 7 nitrogen and oxygen atoms in total. The molecule has 1 aromatic heterocycles. The zero-order valence-electron chi connectivity index (χ0n) is 25.8. The number of rotatable bonds is 8. The standard InChI is InChI=1S/C37H32BrN3O4S/c1-22-10-16-30(23(2)18-22)40-35(42)33-24(3)39-37-41(34(33)27-12-14-28(44-4)15-13-27)36(43)32(46-37)20-26-11-17-31(29(38)19-26)45-21-25-8-6-5-7-9-25/h5-20,34H,21H2,1-4H3,(H,40,42)/b32-20+/t34-/m0/s1. The fraction of sp³-hybridized carbons (Fsp3) is 0.162. The van der Waals surface area contributed by atoms with Crippen molar-refractivity contribution in [3.63, 3.8) is 0 Å². The number of halogens is 1. The Hall–Kier alpha value is -4.73. The van der Waals surface area contributed by atoms with Crippen LogP contribution < -0.4 is 29.7 Å². The molecular formula is C37H32BrN3O4S. The quantitative estimate of drug-likeness (QED) is 0.193. The summed E-state index contributed by atoms with van der Waals surface area (Å²) in [6.07, 6.45) is 1.84. The van der Waals surface area contributed by atoms with Gasteiger partial charge in [0.1, 0.15) is 18.1 Å². The molecule has 0 spiro atoms. The number of fused-ring (bicyclic) bond motifs is 1. The second-order valence-corrected chi connectivity index (χ2v) is 13.0. The first kappa shape index (κ1) is 31.3. The van der Waals surface area contributed by atoms with Gasteiger partial charge in [-0.25, -0.2) is 4.99 Å². The van der Waals surface area contributed by atoms with Crippen molar-refractivity contribution in [2.45, 2.75) is 33.4 Å². The van der Waals surface area contributed by atoms with E-state index < -0.39 is 6.04 Å². The van der Waals surface area contributed by atoms with Gasteiger partial charge in [0.05, 0.1) is 33.4 Å². The van der Waals surface area contributed by atoms with Gasteiger partial charge in [0.2, 0.25) is 0 Å². The topological polar surface area (TPSA) is 81.9 Å². The number of hydrogen-bond acceptors (Lipinski definition) is 6. The lowest BCUT2D eigenvalue weighted by molar-refractivity contribution is -0.113. The van der Waals surface area contributed by atoms with E-state index >= 15 is 0 Å². The van der Waals surface area contributed by atoms with Crippen molar-refractivity contribution >= 4 is 44.9 Å². The van der Waals surface area contributed by atoms with Crippen LogP contribution >= 0.6 is 27.3 Å². The van der Waals surface area contributed by atoms with Crippen LogP contribution in [0.3, 0.4) is 0 Å². The van der Waals surface area contributed by atoms with E-state index in [2.05, 4.69) is 21.2 Å². The van der Waals surface area contributed by atoms with Crippen LogP contribution in [0.5, 0.6) is 11.5 Å². The molecule has 1 atom stereocenters. The maximum absolute atomic E-state index is 14.1. The highest BCUT2D eigenvalue weighted by Gasteiger charge is 2.32. The predicted molar refractivity (Wildman–Crippen MR) is 186 cm³/mol. The van der Waals surface area contributed by atoms with E-state index in [9.17, 15) is 9.59 Å². The largest absolute Gasteiger partial charge is 0.497 e. The zero-order chi connectivity index (χ0) is 32.4. The van der Waals surface area contributed by atoms with Crippen LogP contribution in [0.1, 0.15) is 40.8 Å². The Kier molecular flexibility index (Phi) is 9.05. The van der Waals surface area contributed by atoms with E-state index in [1.807, 2.05) is 118 Å². The number of carbonyl (C=O) groups is 1. The van der Waals surface area contributed by atoms with Gasteiger partial charge in [0.15, 0.2) is 4.80 Å². The summed E-state index contributed by atoms with van der Waals surface area (Å²) in [5.74, 6) is 1.08. The normalized spacial score (nSPS) is 14.5. The molecular weight excluding hydrogens is 662 g/mol. The van der Waals surface area contributed by atoms with Crippen LogP contribution in [-0.2, 0) is 11.4 Å². The lowest BCUT2D eigenvalue weighted by Gasteiger charge is -2.25. The first-order valence-corrected chi connectivity index (χ1v) is 16.3. The van der Waals surface area contributed by atoms with Gasteiger partial charge < -0.3 is 14.8 Å². The molecule has 0 saturated heterocycles. The molecule has 5 aromatic rings. The van der Waals surface area contributed by atoms with Crippen molar-refractivity contribution in [1.29, 1.82) is 0 Å². The first-order valence-electron chi connectivity index (χ1n) is 14.7. The van der Waals surface area contributed by atoms with Crippen LogP contribution in [0.15, 0.2) is 117 Å². The minimum atomic E-state index is -0.685. The van der Waals surface area contributed by atoms with Gasteiger partial charge in [0, 0.05) is 5.69 Å². The van der Waals surface area contributed by atoms with Gasteiger partial charge in [-0.15, -0.1) is 0 Å². The number of methoxy groups -OCH3 is 1. The second kappa shape index (κ2) is 13.3. The van der Waals surface area contributed by atoms with E-state index in [1.165, 1.54) is 11.3 Å². The molecule has 6 rings (SSSR count). The minimum Gasteiger partial charge on any atom is -0.497 e. The lowest BCUT2D eigenvalue weighted by Crippen LogP contribution is -2.40. The Morgan fingerprint density at radius 1 is 1.00 bits per heavy atom. The maximum Gasteiger partial charge on any atom is 0.271 e. The highest BCUT2D eigenvalue weighted by atomic mass is 79.9. The van der Waals surface area contributed by atoms with E-state index in [0.29, 0.717) is 44.4 Å². The first-order chi connectivity index (χ1) is 22.2. The summed E-state index contributed by atoms with van der Waals surface area (Å²) >= 11 is 4.92. The second-order valence-electron chi connectivity index (χ2n) is 11.1. The maximum atomic E-state index is 14.1. The van der Waals surface area contributed by atoms with Gasteiger partial charge in [0.25, 0.3) is 11.5 Å². The van der Waals surface area contributed by atoms with Crippen molar-refractivity contribution in [2.24, 2.45) is 4.99 Å². The van der Waals surface area contributed by atoms with Crippen LogP contribution in [0.25, 0.3) is 6.08 Å². The summed E-state index contributed by atoms with van der Waals surface area (Å²) in [6.45, 7) is 6.23. The molecule has 46 heavy (non-hydrogen) atoms. The van der Waals surface area contributed by atoms with Crippen LogP contribution in [0.2, 0.25) is 0 Å². The smallest absolute Gasteiger partial charge is 0.271 e. The molecule has 9 heteroatoms. The van der Waals surface area contributed by atoms with Gasteiger partial charge in [-0.1, -0.05) is 77.6 Å². The number of ether oxygens (including phenoxy) is 2. The third-order valence-corrected chi connectivity index (χ3v) is 9.42. The number of allylic oxidation sites excluding steroid dienone is 1. The molecule has 4 aromatic carbocycles. The van der Waals surface area contributed by atoms with Crippen molar-refractivity contribution in [1.82, 2.24) is 4.57 Å². The number of benzene rings is 4. The number of hydrogen-bond donors (Lipinski definition) is 1. The third kappa shape index (κ3) is 6.47. The number of nitrogens with zero attached hydrogens (tertiary/aromatic N) is 2. The summed E-state index contributed by atoms with van der Waals surface area (Å²) in [7, 11) is 1.60. The average Bonchev–Trinajstić information content (AvgIpc) is 3.35. The van der Waals surface area contributed by atoms with Gasteiger partial charge >= 0.3 is 0 Å². The summed E-state index contributed by atoms with van der Waals surface area (Å²) in [4.78, 5) is 33.4. The van der Waals surface area contributed by atoms with Crippen LogP contribution in [0.4, 0.5) is 5.69 Å². The molecule has 1 aliphatic rings. The van der Waals surface area contributed by atoms with E-state index in [4.69, 9.17) is 14.5 Å². The molecule has 1 aliphatic heterocycles. The Balaban J connectivity index is 1.38. The number of anilines is 1. The summed E-state index contributed by atoms with van der Waals surface area (Å²) in [6, 6.07) is 28.3. The average molecular weight is 695 g/mol. The number of aryl methyl sites for hydroxylation is 2. The lowest BCUT2D eigenvalue weighted by atomic mass is 9.95. The van der Waals surface area contributed by atoms with Crippen LogP contribution in [-0.4, -0.2) is 17.6 Å². The molecule has 1 N–H and O–H groups in total. The molecule has 0 unspecified atom stereocenters. The van der Waals surface area contributed by atoms with Gasteiger partial charge in [-0.05, 0) is 95.4 Å². The monoisotopic (exact) mass is 693 g/mol. The number of nitrogens with one attached hydrogen (secondary N) is 1. The molecule has 232 valence electrons. The minimum absolute atomic E-state index is 0.227. The summed E-state index contributed by atoms with van der Waals surface area (Å²) in [5.41, 5.74) is 6.18. The predicted octanol–water partition coefficient (Wildman–Crippen LogP) is 6.84. The fourth-order valence-corrected chi connectivity index (χ4v) is 7.03. The molecule has 1 amide bonds. The molecule has 0 saturated carbocycles. The molecule has 0 bridgehead atoms. The van der Waals surface area contributed by atoms with Gasteiger partial charge in [-0.3, -0.25) is 14.2 Å². The van der Waals surface area contributed by atoms with E-state index in [0.717, 1.165) is 32.3 Å². The van der Waals surface area contributed by atoms with E-state index in [1.54, 1.807) is 11.7 Å². The SMILES string of the molecule is COc1ccc([C@H]2C(C(=O)Nc3ccc(C)cc3C)=C(C)N=c3s/c(=C/c4ccc(OCc5ccccc5)c(Br)c4)c(=O)n32)cc1. The molecule has 0 aliphatic carbocycles. The van der Waals surface area contributed by atoms with Crippen molar-refractivity contribution in [2.75, 3.05) is 12.4 Å². The molecule has 0 fully saturated rings. The fourth-order valence-electron chi connectivity index (χ4n) is 5.47. The Labute approximate surface area is 279 Å².